The summed E-state index contributed by atoms with van der Waals surface area (Å²) in [5.41, 5.74) is 1.43. The van der Waals surface area contributed by atoms with E-state index in [1.807, 2.05) is 18.5 Å². The molecule has 0 amide bonds. The van der Waals surface area contributed by atoms with Crippen LogP contribution in [0, 0.1) is 0 Å². The molecule has 5 nitrogen and oxygen atoms in total. The zero-order valence-electron chi connectivity index (χ0n) is 11.6. The second-order valence-corrected chi connectivity index (χ2v) is 5.23. The van der Waals surface area contributed by atoms with E-state index in [-0.39, 0.29) is 5.69 Å². The molecule has 3 heterocycles. The number of nitrogens with zero attached hydrogens (tertiary/aromatic N) is 3. The van der Waals surface area contributed by atoms with E-state index in [1.54, 1.807) is 6.07 Å². The molecule has 2 aromatic heterocycles. The van der Waals surface area contributed by atoms with E-state index in [9.17, 15) is 4.79 Å². The van der Waals surface area contributed by atoms with Crippen LogP contribution in [0.15, 0.2) is 42.7 Å². The number of hydrogen-bond donors (Lipinski definition) is 1. The highest BCUT2D eigenvalue weighted by molar-refractivity contribution is 5.85. The molecule has 0 radical (unpaired) electrons. The van der Waals surface area contributed by atoms with Gasteiger partial charge in [0.1, 0.15) is 5.82 Å². The van der Waals surface area contributed by atoms with Crippen molar-refractivity contribution < 1.29 is 9.90 Å². The lowest BCUT2D eigenvalue weighted by atomic mass is 9.90. The fourth-order valence-corrected chi connectivity index (χ4v) is 2.80. The van der Waals surface area contributed by atoms with Crippen LogP contribution in [0.5, 0.6) is 0 Å². The molecule has 1 aliphatic rings. The molecule has 0 bridgehead atoms. The zero-order valence-corrected chi connectivity index (χ0v) is 11.6. The van der Waals surface area contributed by atoms with E-state index in [0.717, 1.165) is 31.7 Å². The SMILES string of the molecule is O=C(O)c1cccc(N2CCC(c3ccncc3)CC2)n1. The Morgan fingerprint density at radius 3 is 2.52 bits per heavy atom. The first-order valence-corrected chi connectivity index (χ1v) is 7.09. The maximum atomic E-state index is 11.0. The minimum atomic E-state index is -0.983. The molecule has 0 unspecified atom stereocenters. The molecule has 108 valence electrons. The molecule has 3 rings (SSSR count). The third-order valence-corrected chi connectivity index (χ3v) is 3.95. The maximum Gasteiger partial charge on any atom is 0.354 e. The highest BCUT2D eigenvalue weighted by atomic mass is 16.4. The largest absolute Gasteiger partial charge is 0.477 e. The van der Waals surface area contributed by atoms with Crippen molar-refractivity contribution in [3.05, 3.63) is 54.0 Å². The standard InChI is InChI=1S/C16H17N3O2/c20-16(21)14-2-1-3-15(18-14)19-10-6-13(7-11-19)12-4-8-17-9-5-12/h1-5,8-9,13H,6-7,10-11H2,(H,20,21). The second-order valence-electron chi connectivity index (χ2n) is 5.23. The van der Waals surface area contributed by atoms with Crippen LogP contribution in [0.2, 0.25) is 0 Å². The Hall–Kier alpha value is -2.43. The molecule has 1 N–H and O–H groups in total. The number of carbonyl (C=O) groups is 1. The Labute approximate surface area is 123 Å². The van der Waals surface area contributed by atoms with Crippen molar-refractivity contribution in [1.29, 1.82) is 0 Å². The predicted molar refractivity (Wildman–Crippen MR) is 79.6 cm³/mol. The number of carboxylic acids is 1. The minimum Gasteiger partial charge on any atom is -0.477 e. The number of aromatic carboxylic acids is 1. The fourth-order valence-electron chi connectivity index (χ4n) is 2.80. The molecule has 2 aromatic rings. The third kappa shape index (κ3) is 3.02. The fraction of sp³-hybridized carbons (Fsp3) is 0.312. The molecule has 1 aliphatic heterocycles. The summed E-state index contributed by atoms with van der Waals surface area (Å²) in [4.78, 5) is 21.4. The van der Waals surface area contributed by atoms with Gasteiger partial charge in [-0.1, -0.05) is 6.07 Å². The van der Waals surface area contributed by atoms with Crippen LogP contribution in [0.1, 0.15) is 34.8 Å². The topological polar surface area (TPSA) is 66.3 Å². The van der Waals surface area contributed by atoms with Crippen molar-refractivity contribution in [2.24, 2.45) is 0 Å². The van der Waals surface area contributed by atoms with Gasteiger partial charge in [0.25, 0.3) is 0 Å². The number of piperidine rings is 1. The van der Waals surface area contributed by atoms with Crippen LogP contribution in [0.4, 0.5) is 5.82 Å². The molecule has 21 heavy (non-hydrogen) atoms. The Bertz CT molecular complexity index is 622. The van der Waals surface area contributed by atoms with Crippen molar-refractivity contribution in [2.75, 3.05) is 18.0 Å². The summed E-state index contributed by atoms with van der Waals surface area (Å²) in [6, 6.07) is 9.29. The number of hydrogen-bond acceptors (Lipinski definition) is 4. The van der Waals surface area contributed by atoms with E-state index < -0.39 is 5.97 Å². The van der Waals surface area contributed by atoms with E-state index in [1.165, 1.54) is 11.6 Å². The molecular formula is C16H17N3O2. The number of carboxylic acid groups (broad SMARTS) is 1. The minimum absolute atomic E-state index is 0.101. The van der Waals surface area contributed by atoms with Crippen molar-refractivity contribution in [1.82, 2.24) is 9.97 Å². The summed E-state index contributed by atoms with van der Waals surface area (Å²) < 4.78 is 0. The highest BCUT2D eigenvalue weighted by Gasteiger charge is 2.21. The molecular weight excluding hydrogens is 266 g/mol. The Morgan fingerprint density at radius 2 is 1.86 bits per heavy atom. The molecule has 0 aliphatic carbocycles. The van der Waals surface area contributed by atoms with Crippen LogP contribution >= 0.6 is 0 Å². The monoisotopic (exact) mass is 283 g/mol. The van der Waals surface area contributed by atoms with Gasteiger partial charge >= 0.3 is 5.97 Å². The van der Waals surface area contributed by atoms with Gasteiger partial charge in [-0.25, -0.2) is 9.78 Å². The number of aromatic nitrogens is 2. The summed E-state index contributed by atoms with van der Waals surface area (Å²) in [6.45, 7) is 1.78. The molecule has 1 saturated heterocycles. The first-order chi connectivity index (χ1) is 10.2. The van der Waals surface area contributed by atoms with E-state index >= 15 is 0 Å². The summed E-state index contributed by atoms with van der Waals surface area (Å²) in [7, 11) is 0. The highest BCUT2D eigenvalue weighted by Crippen LogP contribution is 2.29. The van der Waals surface area contributed by atoms with Crippen LogP contribution < -0.4 is 4.90 Å². The lowest BCUT2D eigenvalue weighted by molar-refractivity contribution is 0.0690. The third-order valence-electron chi connectivity index (χ3n) is 3.95. The summed E-state index contributed by atoms with van der Waals surface area (Å²) >= 11 is 0. The van der Waals surface area contributed by atoms with Crippen molar-refractivity contribution in [3.8, 4) is 0 Å². The van der Waals surface area contributed by atoms with Gasteiger partial charge in [0.15, 0.2) is 5.69 Å². The van der Waals surface area contributed by atoms with Crippen LogP contribution in [-0.2, 0) is 0 Å². The van der Waals surface area contributed by atoms with Gasteiger partial charge < -0.3 is 10.0 Å². The van der Waals surface area contributed by atoms with Gasteiger partial charge in [-0.2, -0.15) is 0 Å². The quantitative estimate of drug-likeness (QED) is 0.937. The first-order valence-electron chi connectivity index (χ1n) is 7.09. The molecule has 0 saturated carbocycles. The summed E-state index contributed by atoms with van der Waals surface area (Å²) in [5.74, 6) is 0.318. The molecule has 1 fully saturated rings. The number of pyridine rings is 2. The number of rotatable bonds is 3. The van der Waals surface area contributed by atoms with Gasteiger partial charge in [0.2, 0.25) is 0 Å². The van der Waals surface area contributed by atoms with Crippen molar-refractivity contribution in [3.63, 3.8) is 0 Å². The van der Waals surface area contributed by atoms with Crippen LogP contribution in [0.3, 0.4) is 0 Å². The maximum absolute atomic E-state index is 11.0. The molecule has 0 spiro atoms. The lowest BCUT2D eigenvalue weighted by Crippen LogP contribution is -2.33. The first kappa shape index (κ1) is 13.5. The molecule has 0 aromatic carbocycles. The van der Waals surface area contributed by atoms with Crippen LogP contribution in [0.25, 0.3) is 0 Å². The smallest absolute Gasteiger partial charge is 0.354 e. The van der Waals surface area contributed by atoms with Crippen molar-refractivity contribution in [2.45, 2.75) is 18.8 Å². The molecule has 5 heteroatoms. The normalized spacial score (nSPS) is 15.9. The van der Waals surface area contributed by atoms with Gasteiger partial charge in [-0.3, -0.25) is 4.98 Å². The summed E-state index contributed by atoms with van der Waals surface area (Å²) in [6.07, 6.45) is 5.76. The molecule has 0 atom stereocenters. The van der Waals surface area contributed by atoms with Gasteiger partial charge in [-0.05, 0) is 48.6 Å². The van der Waals surface area contributed by atoms with Gasteiger partial charge in [-0.15, -0.1) is 0 Å². The van der Waals surface area contributed by atoms with Gasteiger partial charge in [0, 0.05) is 25.5 Å². The predicted octanol–water partition coefficient (Wildman–Crippen LogP) is 2.56. The summed E-state index contributed by atoms with van der Waals surface area (Å²) in [5, 5.41) is 9.01. The van der Waals surface area contributed by atoms with Crippen LogP contribution in [-0.4, -0.2) is 34.1 Å². The second kappa shape index (κ2) is 5.91. The Morgan fingerprint density at radius 1 is 1.14 bits per heavy atom. The zero-order chi connectivity index (χ0) is 14.7. The Balaban J connectivity index is 1.68. The van der Waals surface area contributed by atoms with E-state index in [2.05, 4.69) is 27.0 Å². The van der Waals surface area contributed by atoms with Gasteiger partial charge in [0.05, 0.1) is 0 Å². The van der Waals surface area contributed by atoms with E-state index in [0.29, 0.717) is 5.92 Å². The van der Waals surface area contributed by atoms with Crippen molar-refractivity contribution >= 4 is 11.8 Å². The average Bonchev–Trinajstić information content (AvgIpc) is 2.56. The van der Waals surface area contributed by atoms with E-state index in [4.69, 9.17) is 5.11 Å². The lowest BCUT2D eigenvalue weighted by Gasteiger charge is -2.33. The Kier molecular flexibility index (Phi) is 3.81. The number of anilines is 1. The average molecular weight is 283 g/mol.